The molecule has 0 amide bonds. The second-order valence-electron chi connectivity index (χ2n) is 9.93. The first kappa shape index (κ1) is 23.0. The van der Waals surface area contributed by atoms with Gasteiger partial charge in [-0.1, -0.05) is 48.5 Å². The molecule has 0 spiro atoms. The summed E-state index contributed by atoms with van der Waals surface area (Å²) >= 11 is 0. The van der Waals surface area contributed by atoms with Gasteiger partial charge in [-0.05, 0) is 50.3 Å². The van der Waals surface area contributed by atoms with E-state index in [0.29, 0.717) is 12.1 Å². The van der Waals surface area contributed by atoms with Crippen LogP contribution in [0.5, 0.6) is 0 Å². The first-order chi connectivity index (χ1) is 16.5. The average molecular weight is 457 g/mol. The van der Waals surface area contributed by atoms with Gasteiger partial charge in [0, 0.05) is 56.9 Å². The van der Waals surface area contributed by atoms with E-state index in [9.17, 15) is 0 Å². The zero-order chi connectivity index (χ0) is 23.7. The molecule has 0 radical (unpaired) electrons. The second-order valence-corrected chi connectivity index (χ2v) is 9.93. The fourth-order valence-corrected chi connectivity index (χ4v) is 5.60. The van der Waals surface area contributed by atoms with E-state index >= 15 is 0 Å². The Bertz CT molecular complexity index is 1130. The number of aryl methyl sites for hydroxylation is 2. The third-order valence-electron chi connectivity index (χ3n) is 7.50. The molecule has 2 atom stereocenters. The van der Waals surface area contributed by atoms with Crippen LogP contribution in [0.25, 0.3) is 11.4 Å². The van der Waals surface area contributed by atoms with E-state index < -0.39 is 0 Å². The van der Waals surface area contributed by atoms with Crippen LogP contribution in [0.15, 0.2) is 48.5 Å². The van der Waals surface area contributed by atoms with Crippen LogP contribution >= 0.6 is 0 Å². The molecule has 0 N–H and O–H groups in total. The molecule has 5 rings (SSSR count). The molecule has 1 saturated heterocycles. The summed E-state index contributed by atoms with van der Waals surface area (Å²) in [6.45, 7) is 10.5. The maximum absolute atomic E-state index is 5.70. The van der Waals surface area contributed by atoms with Gasteiger partial charge in [0.2, 0.25) is 0 Å². The molecule has 1 fully saturated rings. The number of benzene rings is 2. The molecule has 0 saturated carbocycles. The SMILES string of the molecule is CO[C@@H]1CCN(c2nc(-c3c(C)cccc3C)nc3c2CN(Cc2ccccc2)CC3)[C@H](C)C1. The lowest BCUT2D eigenvalue weighted by Gasteiger charge is -2.40. The molecule has 2 aliphatic heterocycles. The number of hydrogen-bond donors (Lipinski definition) is 0. The van der Waals surface area contributed by atoms with Crippen molar-refractivity contribution >= 4 is 5.82 Å². The van der Waals surface area contributed by atoms with Gasteiger partial charge in [0.05, 0.1) is 11.8 Å². The fourth-order valence-electron chi connectivity index (χ4n) is 5.60. The zero-order valence-electron chi connectivity index (χ0n) is 20.9. The number of fused-ring (bicyclic) bond motifs is 1. The molecule has 178 valence electrons. The minimum Gasteiger partial charge on any atom is -0.381 e. The van der Waals surface area contributed by atoms with Crippen molar-refractivity contribution in [2.24, 2.45) is 0 Å². The van der Waals surface area contributed by atoms with Crippen LogP contribution in [0, 0.1) is 13.8 Å². The highest BCUT2D eigenvalue weighted by Gasteiger charge is 2.32. The molecule has 2 aliphatic rings. The fraction of sp³-hybridized carbons (Fsp3) is 0.448. The molecule has 5 heteroatoms. The molecule has 5 nitrogen and oxygen atoms in total. The Hall–Kier alpha value is -2.76. The summed E-state index contributed by atoms with van der Waals surface area (Å²) in [4.78, 5) is 15.5. The lowest BCUT2D eigenvalue weighted by atomic mass is 9.97. The Morgan fingerprint density at radius 2 is 1.74 bits per heavy atom. The van der Waals surface area contributed by atoms with E-state index in [1.54, 1.807) is 0 Å². The minimum atomic E-state index is 0.330. The highest BCUT2D eigenvalue weighted by atomic mass is 16.5. The Morgan fingerprint density at radius 1 is 0.971 bits per heavy atom. The van der Waals surface area contributed by atoms with Crippen molar-refractivity contribution in [1.29, 1.82) is 0 Å². The molecule has 3 heterocycles. The van der Waals surface area contributed by atoms with E-state index in [2.05, 4.69) is 79.1 Å². The van der Waals surface area contributed by atoms with Gasteiger partial charge in [0.1, 0.15) is 5.82 Å². The summed E-state index contributed by atoms with van der Waals surface area (Å²) < 4.78 is 5.70. The first-order valence-electron chi connectivity index (χ1n) is 12.6. The van der Waals surface area contributed by atoms with Crippen LogP contribution in [0.3, 0.4) is 0 Å². The Kier molecular flexibility index (Phi) is 6.66. The van der Waals surface area contributed by atoms with Gasteiger partial charge in [0.15, 0.2) is 5.82 Å². The first-order valence-corrected chi connectivity index (χ1v) is 12.6. The lowest BCUT2D eigenvalue weighted by Crippen LogP contribution is -2.45. The van der Waals surface area contributed by atoms with Crippen molar-refractivity contribution in [3.05, 3.63) is 76.5 Å². The topological polar surface area (TPSA) is 41.5 Å². The number of aromatic nitrogens is 2. The van der Waals surface area contributed by atoms with Crippen LogP contribution < -0.4 is 4.90 Å². The predicted octanol–water partition coefficient (Wildman–Crippen LogP) is 5.32. The summed E-state index contributed by atoms with van der Waals surface area (Å²) in [6.07, 6.45) is 3.35. The number of rotatable bonds is 5. The number of hydrogen-bond acceptors (Lipinski definition) is 5. The number of methoxy groups -OCH3 is 1. The van der Waals surface area contributed by atoms with Crippen LogP contribution in [-0.2, 0) is 24.2 Å². The number of piperidine rings is 1. The molecular formula is C29H36N4O. The van der Waals surface area contributed by atoms with Crippen LogP contribution in [0.1, 0.15) is 47.7 Å². The predicted molar refractivity (Wildman–Crippen MR) is 138 cm³/mol. The van der Waals surface area contributed by atoms with Gasteiger partial charge >= 0.3 is 0 Å². The Morgan fingerprint density at radius 3 is 2.44 bits per heavy atom. The van der Waals surface area contributed by atoms with E-state index in [1.165, 1.54) is 33.5 Å². The number of nitrogens with zero attached hydrogens (tertiary/aromatic N) is 4. The summed E-state index contributed by atoms with van der Waals surface area (Å²) in [7, 11) is 1.83. The molecule has 2 aromatic carbocycles. The smallest absolute Gasteiger partial charge is 0.162 e. The summed E-state index contributed by atoms with van der Waals surface area (Å²) in [5, 5.41) is 0. The third-order valence-corrected chi connectivity index (χ3v) is 7.50. The average Bonchev–Trinajstić information content (AvgIpc) is 2.84. The summed E-state index contributed by atoms with van der Waals surface area (Å²) in [5.74, 6) is 2.00. The minimum absolute atomic E-state index is 0.330. The monoisotopic (exact) mass is 456 g/mol. The molecule has 0 unspecified atom stereocenters. The van der Waals surface area contributed by atoms with Crippen molar-refractivity contribution in [2.45, 2.75) is 65.3 Å². The summed E-state index contributed by atoms with van der Waals surface area (Å²) in [6, 6.07) is 17.6. The van der Waals surface area contributed by atoms with Gasteiger partial charge in [0.25, 0.3) is 0 Å². The van der Waals surface area contributed by atoms with Crippen molar-refractivity contribution in [3.8, 4) is 11.4 Å². The molecule has 3 aromatic rings. The maximum Gasteiger partial charge on any atom is 0.162 e. The molecular weight excluding hydrogens is 420 g/mol. The highest BCUT2D eigenvalue weighted by Crippen LogP contribution is 2.35. The lowest BCUT2D eigenvalue weighted by molar-refractivity contribution is 0.0718. The molecule has 34 heavy (non-hydrogen) atoms. The molecule has 0 aliphatic carbocycles. The quantitative estimate of drug-likeness (QED) is 0.520. The number of anilines is 1. The van der Waals surface area contributed by atoms with Gasteiger partial charge < -0.3 is 9.64 Å². The number of ether oxygens (including phenoxy) is 1. The largest absolute Gasteiger partial charge is 0.381 e. The van der Waals surface area contributed by atoms with E-state index in [0.717, 1.165) is 57.1 Å². The van der Waals surface area contributed by atoms with Crippen LogP contribution in [0.4, 0.5) is 5.82 Å². The van der Waals surface area contributed by atoms with Crippen LogP contribution in [-0.4, -0.2) is 47.2 Å². The van der Waals surface area contributed by atoms with Crippen molar-refractivity contribution in [2.75, 3.05) is 25.1 Å². The molecule has 1 aromatic heterocycles. The van der Waals surface area contributed by atoms with Gasteiger partial charge in [-0.3, -0.25) is 4.90 Å². The second kappa shape index (κ2) is 9.85. The maximum atomic E-state index is 5.70. The van der Waals surface area contributed by atoms with E-state index in [1.807, 2.05) is 7.11 Å². The van der Waals surface area contributed by atoms with Gasteiger partial charge in [-0.25, -0.2) is 9.97 Å². The third kappa shape index (κ3) is 4.59. The summed E-state index contributed by atoms with van der Waals surface area (Å²) in [5.41, 5.74) is 7.53. The Balaban J connectivity index is 1.55. The van der Waals surface area contributed by atoms with Crippen molar-refractivity contribution in [1.82, 2.24) is 14.9 Å². The van der Waals surface area contributed by atoms with Gasteiger partial charge in [-0.2, -0.15) is 0 Å². The van der Waals surface area contributed by atoms with Gasteiger partial charge in [-0.15, -0.1) is 0 Å². The molecule has 0 bridgehead atoms. The van der Waals surface area contributed by atoms with Crippen LogP contribution in [0.2, 0.25) is 0 Å². The normalized spacial score (nSPS) is 20.9. The standard InChI is InChI=1S/C29H36N4O/c1-20-9-8-10-21(2)27(20)28-30-26-14-15-32(18-23-11-6-5-7-12-23)19-25(26)29(31-28)33-16-13-24(34-4)17-22(33)3/h5-12,22,24H,13-19H2,1-4H3/t22-,24-/m1/s1. The van der Waals surface area contributed by atoms with Crippen molar-refractivity contribution < 1.29 is 4.74 Å². The van der Waals surface area contributed by atoms with E-state index in [4.69, 9.17) is 14.7 Å². The Labute approximate surface area is 203 Å². The zero-order valence-corrected chi connectivity index (χ0v) is 20.9. The van der Waals surface area contributed by atoms with Crippen molar-refractivity contribution in [3.63, 3.8) is 0 Å². The van der Waals surface area contributed by atoms with E-state index in [-0.39, 0.29) is 0 Å². The highest BCUT2D eigenvalue weighted by molar-refractivity contribution is 5.67.